The molecule has 0 radical (unpaired) electrons. The fourth-order valence-corrected chi connectivity index (χ4v) is 1.50. The van der Waals surface area contributed by atoms with Crippen LogP contribution < -0.4 is 5.48 Å². The van der Waals surface area contributed by atoms with Crippen molar-refractivity contribution in [1.29, 1.82) is 0 Å². The maximum Gasteiger partial charge on any atom is 0.341 e. The van der Waals surface area contributed by atoms with Gasteiger partial charge in [0.15, 0.2) is 6.61 Å². The number of hydrogen-bond donors (Lipinski definition) is 2. The van der Waals surface area contributed by atoms with E-state index in [-0.39, 0.29) is 6.04 Å². The highest BCUT2D eigenvalue weighted by molar-refractivity contribution is 5.74. The molecule has 100 valence electrons. The third-order valence-electron chi connectivity index (χ3n) is 2.12. The molecule has 0 bridgehead atoms. The number of nitrogens with one attached hydrogen (secondary N) is 1. The molecule has 0 heterocycles. The molecule has 0 aliphatic heterocycles. The summed E-state index contributed by atoms with van der Waals surface area (Å²) in [4.78, 5) is 29.9. The lowest BCUT2D eigenvalue weighted by atomic mass is 10.3. The first-order valence-electron chi connectivity index (χ1n) is 5.43. The lowest BCUT2D eigenvalue weighted by Crippen LogP contribution is -2.48. The van der Waals surface area contributed by atoms with Crippen LogP contribution in [-0.2, 0) is 9.63 Å². The molecule has 0 aromatic rings. The van der Waals surface area contributed by atoms with Crippen LogP contribution in [0.25, 0.3) is 0 Å². The van der Waals surface area contributed by atoms with E-state index in [1.165, 1.54) is 0 Å². The SMILES string of the molecule is CCN(C(=O)NOCC(=O)O)C(C)CN(C)C. The van der Waals surface area contributed by atoms with Gasteiger partial charge in [-0.3, -0.25) is 4.84 Å². The molecular weight excluding hydrogens is 226 g/mol. The minimum atomic E-state index is -1.13. The predicted octanol–water partition coefficient (Wildman–Crippen LogP) is -0.0158. The second-order valence-corrected chi connectivity index (χ2v) is 3.99. The Bertz CT molecular complexity index is 258. The van der Waals surface area contributed by atoms with Crippen molar-refractivity contribution in [3.05, 3.63) is 0 Å². The molecule has 0 saturated heterocycles. The molecule has 7 heteroatoms. The second-order valence-electron chi connectivity index (χ2n) is 3.99. The van der Waals surface area contributed by atoms with Crippen molar-refractivity contribution in [3.8, 4) is 0 Å². The number of carboxylic acid groups (broad SMARTS) is 1. The Morgan fingerprint density at radius 2 is 2.00 bits per heavy atom. The molecule has 0 aromatic carbocycles. The van der Waals surface area contributed by atoms with Crippen LogP contribution in [0.4, 0.5) is 4.79 Å². The van der Waals surface area contributed by atoms with Gasteiger partial charge in [-0.25, -0.2) is 15.1 Å². The summed E-state index contributed by atoms with van der Waals surface area (Å²) in [5.74, 6) is -1.13. The molecule has 0 fully saturated rings. The lowest BCUT2D eigenvalue weighted by Gasteiger charge is -2.29. The van der Waals surface area contributed by atoms with E-state index >= 15 is 0 Å². The summed E-state index contributed by atoms with van der Waals surface area (Å²) in [5.41, 5.74) is 2.11. The van der Waals surface area contributed by atoms with Crippen molar-refractivity contribution >= 4 is 12.0 Å². The average Bonchev–Trinajstić information content (AvgIpc) is 2.16. The molecule has 17 heavy (non-hydrogen) atoms. The number of urea groups is 1. The maximum atomic E-state index is 11.7. The number of carboxylic acids is 1. The van der Waals surface area contributed by atoms with Crippen LogP contribution in [0.1, 0.15) is 13.8 Å². The third-order valence-corrected chi connectivity index (χ3v) is 2.12. The van der Waals surface area contributed by atoms with Crippen LogP contribution in [-0.4, -0.2) is 66.7 Å². The topological polar surface area (TPSA) is 82.1 Å². The largest absolute Gasteiger partial charge is 0.479 e. The van der Waals surface area contributed by atoms with E-state index in [9.17, 15) is 9.59 Å². The third kappa shape index (κ3) is 6.75. The van der Waals surface area contributed by atoms with E-state index in [1.54, 1.807) is 4.90 Å². The van der Waals surface area contributed by atoms with E-state index in [2.05, 4.69) is 10.3 Å². The van der Waals surface area contributed by atoms with E-state index in [0.717, 1.165) is 6.54 Å². The zero-order valence-corrected chi connectivity index (χ0v) is 10.8. The summed E-state index contributed by atoms with van der Waals surface area (Å²) in [5, 5.41) is 8.35. The Labute approximate surface area is 101 Å². The van der Waals surface area contributed by atoms with Gasteiger partial charge in [-0.2, -0.15) is 0 Å². The van der Waals surface area contributed by atoms with Crippen molar-refractivity contribution in [3.63, 3.8) is 0 Å². The highest BCUT2D eigenvalue weighted by Gasteiger charge is 2.19. The predicted molar refractivity (Wildman–Crippen MR) is 62.5 cm³/mol. The van der Waals surface area contributed by atoms with Crippen LogP contribution in [0.15, 0.2) is 0 Å². The van der Waals surface area contributed by atoms with Gasteiger partial charge in [-0.05, 0) is 27.9 Å². The molecule has 1 unspecified atom stereocenters. The summed E-state index contributed by atoms with van der Waals surface area (Å²) in [6.45, 7) is 4.46. The lowest BCUT2D eigenvalue weighted by molar-refractivity contribution is -0.144. The number of amides is 2. The molecule has 0 spiro atoms. The summed E-state index contributed by atoms with van der Waals surface area (Å²) in [7, 11) is 3.84. The summed E-state index contributed by atoms with van der Waals surface area (Å²) in [6, 6.07) is -0.411. The van der Waals surface area contributed by atoms with Crippen molar-refractivity contribution in [1.82, 2.24) is 15.3 Å². The molecule has 0 aliphatic carbocycles. The Balaban J connectivity index is 4.15. The molecule has 0 aliphatic rings. The van der Waals surface area contributed by atoms with Gasteiger partial charge in [0.1, 0.15) is 0 Å². The maximum absolute atomic E-state index is 11.7. The first-order chi connectivity index (χ1) is 7.88. The van der Waals surface area contributed by atoms with E-state index < -0.39 is 18.6 Å². The first-order valence-corrected chi connectivity index (χ1v) is 5.43. The fraction of sp³-hybridized carbons (Fsp3) is 0.800. The fourth-order valence-electron chi connectivity index (χ4n) is 1.50. The van der Waals surface area contributed by atoms with Crippen LogP contribution >= 0.6 is 0 Å². The number of likely N-dealkylation sites (N-methyl/N-ethyl adjacent to an activating group) is 2. The molecule has 7 nitrogen and oxygen atoms in total. The number of carbonyl (C=O) groups is 2. The highest BCUT2D eigenvalue weighted by atomic mass is 16.7. The minimum Gasteiger partial charge on any atom is -0.479 e. The van der Waals surface area contributed by atoms with Gasteiger partial charge in [0.05, 0.1) is 0 Å². The Morgan fingerprint density at radius 3 is 2.41 bits per heavy atom. The molecule has 0 saturated carbocycles. The number of rotatable bonds is 7. The molecule has 0 rings (SSSR count). The van der Waals surface area contributed by atoms with Gasteiger partial charge in [0.25, 0.3) is 0 Å². The highest BCUT2D eigenvalue weighted by Crippen LogP contribution is 2.00. The van der Waals surface area contributed by atoms with Gasteiger partial charge in [-0.1, -0.05) is 0 Å². The van der Waals surface area contributed by atoms with Crippen LogP contribution in [0.2, 0.25) is 0 Å². The Hall–Kier alpha value is -1.34. The number of nitrogens with zero attached hydrogens (tertiary/aromatic N) is 2. The summed E-state index contributed by atoms with van der Waals surface area (Å²) >= 11 is 0. The van der Waals surface area contributed by atoms with E-state index in [0.29, 0.717) is 6.54 Å². The first kappa shape index (κ1) is 15.7. The summed E-state index contributed by atoms with van der Waals surface area (Å²) in [6.07, 6.45) is 0. The quantitative estimate of drug-likeness (QED) is 0.618. The van der Waals surface area contributed by atoms with Gasteiger partial charge in [0, 0.05) is 19.1 Å². The van der Waals surface area contributed by atoms with Crippen molar-refractivity contribution in [2.45, 2.75) is 19.9 Å². The van der Waals surface area contributed by atoms with E-state index in [1.807, 2.05) is 32.8 Å². The normalized spacial score (nSPS) is 12.3. The summed E-state index contributed by atoms with van der Waals surface area (Å²) < 4.78 is 0. The number of aliphatic carboxylic acids is 1. The number of hydrogen-bond acceptors (Lipinski definition) is 4. The average molecular weight is 247 g/mol. The van der Waals surface area contributed by atoms with Crippen LogP contribution in [0.5, 0.6) is 0 Å². The molecular formula is C10H21N3O4. The van der Waals surface area contributed by atoms with Gasteiger partial charge < -0.3 is 14.9 Å². The van der Waals surface area contributed by atoms with Crippen molar-refractivity contribution in [2.75, 3.05) is 33.8 Å². The molecule has 2 N–H and O–H groups in total. The molecule has 0 aromatic heterocycles. The minimum absolute atomic E-state index is 0.0171. The van der Waals surface area contributed by atoms with Crippen molar-refractivity contribution in [2.24, 2.45) is 0 Å². The molecule has 1 atom stereocenters. The molecule has 2 amide bonds. The van der Waals surface area contributed by atoms with Gasteiger partial charge in [-0.15, -0.1) is 0 Å². The van der Waals surface area contributed by atoms with Crippen molar-refractivity contribution < 1.29 is 19.5 Å². The zero-order chi connectivity index (χ0) is 13.4. The smallest absolute Gasteiger partial charge is 0.341 e. The van der Waals surface area contributed by atoms with Crippen LogP contribution in [0, 0.1) is 0 Å². The standard InChI is InChI=1S/C10H21N3O4/c1-5-13(8(2)6-12(3)4)10(16)11-17-7-9(14)15/h8H,5-7H2,1-4H3,(H,11,16)(H,14,15). The Morgan fingerprint density at radius 1 is 1.41 bits per heavy atom. The second kappa shape index (κ2) is 7.86. The number of hydroxylamine groups is 1. The number of carbonyl (C=O) groups excluding carboxylic acids is 1. The Kier molecular flexibility index (Phi) is 7.24. The van der Waals surface area contributed by atoms with Gasteiger partial charge >= 0.3 is 12.0 Å². The monoisotopic (exact) mass is 247 g/mol. The van der Waals surface area contributed by atoms with Crippen LogP contribution in [0.3, 0.4) is 0 Å². The van der Waals surface area contributed by atoms with Gasteiger partial charge in [0.2, 0.25) is 0 Å². The zero-order valence-electron chi connectivity index (χ0n) is 10.8. The van der Waals surface area contributed by atoms with E-state index in [4.69, 9.17) is 5.11 Å².